The van der Waals surface area contributed by atoms with E-state index in [9.17, 15) is 14.4 Å². The summed E-state index contributed by atoms with van der Waals surface area (Å²) in [6, 6.07) is 7.22. The van der Waals surface area contributed by atoms with Crippen LogP contribution in [0.25, 0.3) is 0 Å². The summed E-state index contributed by atoms with van der Waals surface area (Å²) in [5, 5.41) is 4.14. The van der Waals surface area contributed by atoms with Gasteiger partial charge in [0.15, 0.2) is 4.34 Å². The minimum absolute atomic E-state index is 0.00722. The quantitative estimate of drug-likeness (QED) is 0.587. The molecule has 142 valence electrons. The molecule has 1 atom stereocenters. The van der Waals surface area contributed by atoms with Gasteiger partial charge in [0, 0.05) is 5.38 Å². The van der Waals surface area contributed by atoms with E-state index in [1.54, 1.807) is 25.3 Å². The number of fused-ring (bicyclic) bond motifs is 1. The second-order valence-corrected chi connectivity index (χ2v) is 8.28. The standard InChI is InChI=1S/C18H19N3O4S2/c1-3-25-16(23)8-12-10-26-18(19-12)27-11(2)17(24)21-9-15(22)20-13-6-4-5-7-14(13)21/h4-7,10-11H,3,8-9H2,1-2H3,(H,20,22)/t11-/m1/s1. The smallest absolute Gasteiger partial charge is 0.311 e. The maximum atomic E-state index is 12.9. The maximum Gasteiger partial charge on any atom is 0.311 e. The van der Waals surface area contributed by atoms with Crippen LogP contribution in [-0.4, -0.2) is 41.2 Å². The van der Waals surface area contributed by atoms with Crippen LogP contribution in [0.3, 0.4) is 0 Å². The van der Waals surface area contributed by atoms with Gasteiger partial charge in [-0.25, -0.2) is 4.98 Å². The zero-order valence-corrected chi connectivity index (χ0v) is 16.6. The number of thioether (sulfide) groups is 1. The molecule has 0 saturated heterocycles. The summed E-state index contributed by atoms with van der Waals surface area (Å²) >= 11 is 2.70. The van der Waals surface area contributed by atoms with E-state index in [2.05, 4.69) is 10.3 Å². The van der Waals surface area contributed by atoms with Gasteiger partial charge in [-0.2, -0.15) is 0 Å². The van der Waals surface area contributed by atoms with E-state index < -0.39 is 5.25 Å². The summed E-state index contributed by atoms with van der Waals surface area (Å²) in [6.45, 7) is 3.87. The number of esters is 1. The predicted octanol–water partition coefficient (Wildman–Crippen LogP) is 2.71. The van der Waals surface area contributed by atoms with Gasteiger partial charge < -0.3 is 10.1 Å². The molecule has 0 aliphatic carbocycles. The van der Waals surface area contributed by atoms with Crippen LogP contribution in [-0.2, 0) is 25.5 Å². The van der Waals surface area contributed by atoms with Gasteiger partial charge in [0.05, 0.1) is 35.3 Å². The average Bonchev–Trinajstić information content (AvgIpc) is 3.07. The van der Waals surface area contributed by atoms with E-state index >= 15 is 0 Å². The zero-order valence-electron chi connectivity index (χ0n) is 14.9. The number of carbonyl (C=O) groups is 3. The Balaban J connectivity index is 1.67. The molecule has 3 rings (SSSR count). The number of carbonyl (C=O) groups excluding carboxylic acids is 3. The monoisotopic (exact) mass is 405 g/mol. The van der Waals surface area contributed by atoms with Crippen LogP contribution < -0.4 is 10.2 Å². The number of aromatic nitrogens is 1. The number of hydrogen-bond donors (Lipinski definition) is 1. The highest BCUT2D eigenvalue weighted by Crippen LogP contribution is 2.33. The van der Waals surface area contributed by atoms with Gasteiger partial charge in [-0.1, -0.05) is 23.9 Å². The predicted molar refractivity (Wildman–Crippen MR) is 105 cm³/mol. The van der Waals surface area contributed by atoms with Crippen molar-refractivity contribution in [3.63, 3.8) is 0 Å². The fourth-order valence-corrected chi connectivity index (χ4v) is 4.68. The molecule has 1 aliphatic heterocycles. The molecule has 1 N–H and O–H groups in total. The normalized spacial score (nSPS) is 14.3. The number of amides is 2. The van der Waals surface area contributed by atoms with Crippen LogP contribution in [0.4, 0.5) is 11.4 Å². The second kappa shape index (κ2) is 8.53. The Hall–Kier alpha value is -2.39. The minimum Gasteiger partial charge on any atom is -0.466 e. The first kappa shape index (κ1) is 19.4. The SMILES string of the molecule is CCOC(=O)Cc1csc(S[C@H](C)C(=O)N2CC(=O)Nc3ccccc32)n1. The first-order valence-electron chi connectivity index (χ1n) is 8.45. The molecule has 9 heteroatoms. The Morgan fingerprint density at radius 3 is 2.96 bits per heavy atom. The Kier molecular flexibility index (Phi) is 6.12. The number of nitrogens with one attached hydrogen (secondary N) is 1. The number of benzene rings is 1. The number of ether oxygens (including phenoxy) is 1. The Morgan fingerprint density at radius 1 is 1.41 bits per heavy atom. The van der Waals surface area contributed by atoms with Gasteiger partial charge in [0.1, 0.15) is 6.54 Å². The van der Waals surface area contributed by atoms with Gasteiger partial charge >= 0.3 is 5.97 Å². The molecule has 1 aromatic carbocycles. The third-order valence-electron chi connectivity index (χ3n) is 3.82. The first-order chi connectivity index (χ1) is 13.0. The molecule has 2 amide bonds. The Labute approximate surface area is 165 Å². The summed E-state index contributed by atoms with van der Waals surface area (Å²) in [4.78, 5) is 42.3. The molecular formula is C18H19N3O4S2. The van der Waals surface area contributed by atoms with Crippen LogP contribution in [0.5, 0.6) is 0 Å². The van der Waals surface area contributed by atoms with Gasteiger partial charge in [0.2, 0.25) is 11.8 Å². The summed E-state index contributed by atoms with van der Waals surface area (Å²) in [5.74, 6) is -0.700. The molecule has 2 heterocycles. The lowest BCUT2D eigenvalue weighted by atomic mass is 10.2. The van der Waals surface area contributed by atoms with Crippen molar-refractivity contribution in [2.75, 3.05) is 23.4 Å². The van der Waals surface area contributed by atoms with Crippen LogP contribution >= 0.6 is 23.1 Å². The topological polar surface area (TPSA) is 88.6 Å². The van der Waals surface area contributed by atoms with Crippen molar-refractivity contribution in [2.45, 2.75) is 29.9 Å². The molecule has 0 fully saturated rings. The van der Waals surface area contributed by atoms with Crippen molar-refractivity contribution in [3.8, 4) is 0 Å². The van der Waals surface area contributed by atoms with Gasteiger partial charge in [-0.05, 0) is 26.0 Å². The van der Waals surface area contributed by atoms with E-state index in [1.165, 1.54) is 28.0 Å². The number of rotatable bonds is 6. The second-order valence-electron chi connectivity index (χ2n) is 5.84. The minimum atomic E-state index is -0.425. The number of thiazole rings is 1. The van der Waals surface area contributed by atoms with Crippen LogP contribution in [0.2, 0.25) is 0 Å². The highest BCUT2D eigenvalue weighted by molar-refractivity contribution is 8.02. The molecular weight excluding hydrogens is 386 g/mol. The lowest BCUT2D eigenvalue weighted by Gasteiger charge is -2.30. The van der Waals surface area contributed by atoms with E-state index in [1.807, 2.05) is 18.2 Å². The van der Waals surface area contributed by atoms with Crippen molar-refractivity contribution in [2.24, 2.45) is 0 Å². The largest absolute Gasteiger partial charge is 0.466 e. The fraction of sp³-hybridized carbons (Fsp3) is 0.333. The van der Waals surface area contributed by atoms with Crippen LogP contribution in [0.1, 0.15) is 19.5 Å². The number of anilines is 2. The van der Waals surface area contributed by atoms with Crippen molar-refractivity contribution in [1.82, 2.24) is 4.98 Å². The molecule has 0 bridgehead atoms. The third-order valence-corrected chi connectivity index (χ3v) is 5.93. The summed E-state index contributed by atoms with van der Waals surface area (Å²) in [6.07, 6.45) is 0.118. The van der Waals surface area contributed by atoms with Crippen LogP contribution in [0.15, 0.2) is 34.0 Å². The molecule has 0 radical (unpaired) electrons. The third kappa shape index (κ3) is 4.67. The first-order valence-corrected chi connectivity index (χ1v) is 10.2. The molecule has 7 nitrogen and oxygen atoms in total. The highest BCUT2D eigenvalue weighted by atomic mass is 32.2. The van der Waals surface area contributed by atoms with Gasteiger partial charge in [0.25, 0.3) is 0 Å². The maximum absolute atomic E-state index is 12.9. The molecule has 0 unspecified atom stereocenters. The van der Waals surface area contributed by atoms with E-state index in [-0.39, 0.29) is 30.7 Å². The number of hydrogen-bond acceptors (Lipinski definition) is 7. The summed E-state index contributed by atoms with van der Waals surface area (Å²) in [7, 11) is 0. The highest BCUT2D eigenvalue weighted by Gasteiger charge is 2.30. The van der Waals surface area contributed by atoms with Gasteiger partial charge in [-0.3, -0.25) is 19.3 Å². The molecule has 27 heavy (non-hydrogen) atoms. The molecule has 0 spiro atoms. The average molecular weight is 406 g/mol. The zero-order chi connectivity index (χ0) is 19.4. The summed E-state index contributed by atoms with van der Waals surface area (Å²) in [5.41, 5.74) is 1.95. The Morgan fingerprint density at radius 2 is 2.19 bits per heavy atom. The lowest BCUT2D eigenvalue weighted by molar-refractivity contribution is -0.142. The summed E-state index contributed by atoms with van der Waals surface area (Å²) < 4.78 is 5.62. The number of nitrogens with zero attached hydrogens (tertiary/aromatic N) is 2. The molecule has 2 aromatic rings. The molecule has 1 aromatic heterocycles. The fourth-order valence-electron chi connectivity index (χ4n) is 2.63. The van der Waals surface area contributed by atoms with Crippen molar-refractivity contribution in [3.05, 3.63) is 35.3 Å². The van der Waals surface area contributed by atoms with Crippen molar-refractivity contribution < 1.29 is 19.1 Å². The van der Waals surface area contributed by atoms with E-state index in [4.69, 9.17) is 4.74 Å². The Bertz CT molecular complexity index is 868. The van der Waals surface area contributed by atoms with Crippen LogP contribution in [0, 0.1) is 0 Å². The van der Waals surface area contributed by atoms with E-state index in [0.29, 0.717) is 28.0 Å². The number of para-hydroxylation sites is 2. The molecule has 0 saturated carbocycles. The van der Waals surface area contributed by atoms with E-state index in [0.717, 1.165) is 0 Å². The van der Waals surface area contributed by atoms with Gasteiger partial charge in [-0.15, -0.1) is 11.3 Å². The van der Waals surface area contributed by atoms with Crippen molar-refractivity contribution in [1.29, 1.82) is 0 Å². The van der Waals surface area contributed by atoms with Crippen molar-refractivity contribution >= 4 is 52.3 Å². The lowest BCUT2D eigenvalue weighted by Crippen LogP contribution is -2.45. The molecule has 1 aliphatic rings.